The van der Waals surface area contributed by atoms with Crippen LogP contribution < -0.4 is 5.32 Å². The van der Waals surface area contributed by atoms with E-state index in [9.17, 15) is 0 Å². The lowest BCUT2D eigenvalue weighted by Crippen LogP contribution is -2.22. The first kappa shape index (κ1) is 43.8. The molecule has 2 atom stereocenters. The molecule has 0 amide bonds. The Morgan fingerprint density at radius 3 is 1.96 bits per heavy atom. The van der Waals surface area contributed by atoms with Crippen LogP contribution in [0.5, 0.6) is 0 Å². The zero-order valence-electron chi connectivity index (χ0n) is 40.7. The SMILES string of the molecule is C=C(NC(/N=C(/c1cccc(-c2cccc3oc4c(-c5c(-n6c7ccccc7c7cc(-c8ccccc8)ccc76)ccc6c5oc5ccccc56)cccc4c23)c1)C(C)CC)c1ccccc1)c1ccccc1. The molecule has 0 aliphatic carbocycles. The number of hydrogen-bond acceptors (Lipinski definition) is 4. The fraction of sp³-hybridized carbons (Fsp3) is 0.0735. The van der Waals surface area contributed by atoms with E-state index in [4.69, 9.17) is 13.8 Å². The number of benzene rings is 10. The Hall–Kier alpha value is -9.19. The summed E-state index contributed by atoms with van der Waals surface area (Å²) >= 11 is 0. The van der Waals surface area contributed by atoms with Crippen LogP contribution >= 0.6 is 0 Å². The molecule has 2 unspecified atom stereocenters. The minimum absolute atomic E-state index is 0.178. The Balaban J connectivity index is 0.990. The van der Waals surface area contributed by atoms with Gasteiger partial charge in [0.2, 0.25) is 0 Å². The van der Waals surface area contributed by atoms with E-state index in [0.717, 1.165) is 117 Å². The Kier molecular flexibility index (Phi) is 10.9. The Labute approximate surface area is 424 Å². The van der Waals surface area contributed by atoms with Crippen molar-refractivity contribution in [1.29, 1.82) is 0 Å². The first-order chi connectivity index (χ1) is 36.0. The normalized spacial score (nSPS) is 12.9. The van der Waals surface area contributed by atoms with Crippen LogP contribution in [0.1, 0.15) is 43.1 Å². The topological polar surface area (TPSA) is 55.6 Å². The Morgan fingerprint density at radius 1 is 0.507 bits per heavy atom. The summed E-state index contributed by atoms with van der Waals surface area (Å²) in [4.78, 5) is 5.58. The minimum Gasteiger partial charge on any atom is -0.455 e. The average molecular weight is 942 g/mol. The van der Waals surface area contributed by atoms with E-state index in [2.05, 4.69) is 231 Å². The van der Waals surface area contributed by atoms with Crippen LogP contribution in [0, 0.1) is 5.92 Å². The largest absolute Gasteiger partial charge is 0.455 e. The van der Waals surface area contributed by atoms with E-state index >= 15 is 0 Å². The highest BCUT2D eigenvalue weighted by Gasteiger charge is 2.26. The molecular formula is C68H51N3O2. The number of aromatic nitrogens is 1. The monoisotopic (exact) mass is 941 g/mol. The fourth-order valence-electron chi connectivity index (χ4n) is 10.9. The second-order valence-electron chi connectivity index (χ2n) is 19.1. The zero-order chi connectivity index (χ0) is 49.0. The molecule has 0 aliphatic rings. The molecule has 3 aromatic heterocycles. The van der Waals surface area contributed by atoms with Gasteiger partial charge in [-0.05, 0) is 99.8 Å². The smallest absolute Gasteiger partial charge is 0.145 e. The molecule has 10 aromatic carbocycles. The maximum absolute atomic E-state index is 7.15. The molecule has 0 fully saturated rings. The molecular weight excluding hydrogens is 891 g/mol. The highest BCUT2D eigenvalue weighted by Crippen LogP contribution is 2.47. The van der Waals surface area contributed by atoms with E-state index in [1.54, 1.807) is 0 Å². The highest BCUT2D eigenvalue weighted by atomic mass is 16.3. The van der Waals surface area contributed by atoms with Gasteiger partial charge in [-0.2, -0.15) is 0 Å². The van der Waals surface area contributed by atoms with E-state index in [1.165, 1.54) is 21.9 Å². The van der Waals surface area contributed by atoms with Gasteiger partial charge in [0.15, 0.2) is 0 Å². The van der Waals surface area contributed by atoms with E-state index in [-0.39, 0.29) is 12.1 Å². The first-order valence-electron chi connectivity index (χ1n) is 25.2. The minimum atomic E-state index is -0.350. The summed E-state index contributed by atoms with van der Waals surface area (Å²) in [6.45, 7) is 8.94. The second-order valence-corrected chi connectivity index (χ2v) is 19.1. The third kappa shape index (κ3) is 7.60. The van der Waals surface area contributed by atoms with Crippen molar-refractivity contribution < 1.29 is 8.83 Å². The van der Waals surface area contributed by atoms with Gasteiger partial charge < -0.3 is 18.7 Å². The number of aliphatic imine (C=N–C) groups is 1. The van der Waals surface area contributed by atoms with Crippen LogP contribution in [0.2, 0.25) is 0 Å². The quantitative estimate of drug-likeness (QED) is 0.124. The lowest BCUT2D eigenvalue weighted by atomic mass is 9.91. The van der Waals surface area contributed by atoms with E-state index in [0.29, 0.717) is 0 Å². The number of hydrogen-bond donors (Lipinski definition) is 1. The Bertz CT molecular complexity index is 4250. The maximum atomic E-state index is 7.15. The molecule has 1 N–H and O–H groups in total. The van der Waals surface area contributed by atoms with Crippen LogP contribution in [0.4, 0.5) is 0 Å². The molecule has 0 aliphatic heterocycles. The molecule has 13 rings (SSSR count). The maximum Gasteiger partial charge on any atom is 0.145 e. The van der Waals surface area contributed by atoms with Crippen molar-refractivity contribution in [1.82, 2.24) is 9.88 Å². The fourth-order valence-corrected chi connectivity index (χ4v) is 10.9. The lowest BCUT2D eigenvalue weighted by Gasteiger charge is -2.23. The summed E-state index contributed by atoms with van der Waals surface area (Å²) < 4.78 is 16.5. The molecule has 0 saturated carbocycles. The zero-order valence-corrected chi connectivity index (χ0v) is 40.7. The summed E-state index contributed by atoms with van der Waals surface area (Å²) in [6, 6.07) is 81.5. The van der Waals surface area contributed by atoms with Gasteiger partial charge >= 0.3 is 0 Å². The summed E-state index contributed by atoms with van der Waals surface area (Å²) in [5.41, 5.74) is 18.0. The summed E-state index contributed by atoms with van der Waals surface area (Å²) in [7, 11) is 0. The third-order valence-electron chi connectivity index (χ3n) is 14.7. The second kappa shape index (κ2) is 18.2. The van der Waals surface area contributed by atoms with E-state index < -0.39 is 0 Å². The van der Waals surface area contributed by atoms with Crippen molar-refractivity contribution in [2.75, 3.05) is 0 Å². The Morgan fingerprint density at radius 2 is 1.14 bits per heavy atom. The number of nitrogens with zero attached hydrogens (tertiary/aromatic N) is 2. The number of fused-ring (bicyclic) bond motifs is 9. The predicted octanol–water partition coefficient (Wildman–Crippen LogP) is 18.4. The van der Waals surface area contributed by atoms with Crippen LogP contribution in [0.3, 0.4) is 0 Å². The van der Waals surface area contributed by atoms with Crippen LogP contribution in [-0.4, -0.2) is 10.3 Å². The number of para-hydroxylation sites is 3. The van der Waals surface area contributed by atoms with Gasteiger partial charge in [0.25, 0.3) is 0 Å². The van der Waals surface area contributed by atoms with Gasteiger partial charge in [-0.25, -0.2) is 0 Å². The predicted molar refractivity (Wildman–Crippen MR) is 305 cm³/mol. The number of furan rings is 2. The molecule has 0 saturated heterocycles. The molecule has 0 spiro atoms. The number of rotatable bonds is 12. The first-order valence-corrected chi connectivity index (χ1v) is 25.2. The lowest BCUT2D eigenvalue weighted by molar-refractivity contribution is 0.650. The van der Waals surface area contributed by atoms with Gasteiger partial charge in [0.05, 0.1) is 22.3 Å². The van der Waals surface area contributed by atoms with Crippen LogP contribution in [-0.2, 0) is 0 Å². The van der Waals surface area contributed by atoms with Gasteiger partial charge in [0.1, 0.15) is 28.5 Å². The van der Waals surface area contributed by atoms with Crippen molar-refractivity contribution in [3.63, 3.8) is 0 Å². The van der Waals surface area contributed by atoms with Crippen molar-refractivity contribution in [2.24, 2.45) is 10.9 Å². The standard InChI is InChI=1S/C68H51N3O2/c1-4-43(2)65(70-68(47-25-12-7-13-26-47)69-44(3)45-21-8-5-9-22-45)50-28-18-27-49(41-50)51-31-20-36-62-63(51)55-32-19-33-56(66(55)73-62)64-60(40-38-54-53-30-15-17-35-61(53)72-67(54)64)71-58-34-16-14-29-52(58)57-42-48(37-39-59(57)71)46-23-10-6-11-24-46/h5-43,68-69H,3-4H2,1-2H3/b70-65+. The van der Waals surface area contributed by atoms with Crippen LogP contribution in [0.25, 0.3) is 110 Å². The molecule has 5 nitrogen and oxygen atoms in total. The van der Waals surface area contributed by atoms with Crippen molar-refractivity contribution in [2.45, 2.75) is 26.4 Å². The van der Waals surface area contributed by atoms with Gasteiger partial charge in [-0.3, -0.25) is 4.99 Å². The third-order valence-corrected chi connectivity index (χ3v) is 14.7. The molecule has 5 heteroatoms. The van der Waals surface area contributed by atoms with Crippen LogP contribution in [0.15, 0.2) is 251 Å². The average Bonchev–Trinajstić information content (AvgIpc) is 4.14. The van der Waals surface area contributed by atoms with E-state index in [1.807, 2.05) is 30.3 Å². The van der Waals surface area contributed by atoms with Crippen molar-refractivity contribution in [3.8, 4) is 39.1 Å². The number of nitrogens with one attached hydrogen (secondary N) is 1. The summed E-state index contributed by atoms with van der Waals surface area (Å²) in [5.74, 6) is 0.178. The summed E-state index contributed by atoms with van der Waals surface area (Å²) in [5, 5.41) is 10.3. The molecule has 3 heterocycles. The molecule has 13 aromatic rings. The van der Waals surface area contributed by atoms with Gasteiger partial charge in [-0.15, -0.1) is 0 Å². The van der Waals surface area contributed by atoms with Gasteiger partial charge in [0, 0.05) is 49.3 Å². The van der Waals surface area contributed by atoms with Crippen molar-refractivity contribution in [3.05, 3.63) is 254 Å². The molecule has 0 bridgehead atoms. The summed E-state index contributed by atoms with van der Waals surface area (Å²) in [6.07, 6.45) is 0.578. The van der Waals surface area contributed by atoms with Gasteiger partial charge in [-0.1, -0.05) is 202 Å². The highest BCUT2D eigenvalue weighted by molar-refractivity contribution is 6.20. The molecule has 73 heavy (non-hydrogen) atoms. The van der Waals surface area contributed by atoms with Crippen molar-refractivity contribution >= 4 is 77.1 Å². The molecule has 0 radical (unpaired) electrons. The molecule has 350 valence electrons.